The van der Waals surface area contributed by atoms with E-state index in [1.807, 2.05) is 13.8 Å². The van der Waals surface area contributed by atoms with Gasteiger partial charge in [0.1, 0.15) is 0 Å². The number of allylic oxidation sites excluding steroid dienone is 2. The molecule has 0 spiro atoms. The minimum Gasteiger partial charge on any atom is -0.479 e. The smallest absolute Gasteiger partial charge is 0.157 e. The predicted molar refractivity (Wildman–Crippen MR) is 73.8 cm³/mol. The molecule has 0 bridgehead atoms. The van der Waals surface area contributed by atoms with E-state index in [0.717, 1.165) is 12.8 Å². The standard InChI is InChI=1S/C13H23NO.C2H6/c1-4-11-7-8-13(2,3)12(15-11)14-9-5-6-10-14;1-2/h7,12H,4-6,8-10H2,1-3H3;1-2H3. The van der Waals surface area contributed by atoms with E-state index in [0.29, 0.717) is 6.23 Å². The van der Waals surface area contributed by atoms with Crippen molar-refractivity contribution in [2.45, 2.75) is 66.5 Å². The van der Waals surface area contributed by atoms with Crippen LogP contribution in [0.2, 0.25) is 0 Å². The zero-order valence-corrected chi connectivity index (χ0v) is 12.3. The molecule has 2 heterocycles. The van der Waals surface area contributed by atoms with Crippen LogP contribution in [0.3, 0.4) is 0 Å². The molecule has 0 aromatic carbocycles. The molecule has 17 heavy (non-hydrogen) atoms. The van der Waals surface area contributed by atoms with Gasteiger partial charge in [0.05, 0.1) is 5.76 Å². The SMILES string of the molecule is CC.CCC1=CCC(C)(C)C(N2CCCC2)O1. The molecular weight excluding hydrogens is 210 g/mol. The fourth-order valence-electron chi connectivity index (χ4n) is 2.60. The molecule has 0 aromatic rings. The lowest BCUT2D eigenvalue weighted by molar-refractivity contribution is -0.0996. The molecule has 0 saturated carbocycles. The molecule has 2 rings (SSSR count). The minimum absolute atomic E-state index is 0.267. The quantitative estimate of drug-likeness (QED) is 0.717. The summed E-state index contributed by atoms with van der Waals surface area (Å²) in [6.07, 6.45) is 7.42. The third-order valence-corrected chi connectivity index (χ3v) is 3.61. The van der Waals surface area contributed by atoms with Gasteiger partial charge in [-0.05, 0) is 25.3 Å². The van der Waals surface area contributed by atoms with Crippen LogP contribution in [0, 0.1) is 5.41 Å². The largest absolute Gasteiger partial charge is 0.479 e. The number of ether oxygens (including phenoxy) is 1. The molecule has 1 unspecified atom stereocenters. The fourth-order valence-corrected chi connectivity index (χ4v) is 2.60. The number of likely N-dealkylation sites (tertiary alicyclic amines) is 1. The van der Waals surface area contributed by atoms with E-state index >= 15 is 0 Å². The lowest BCUT2D eigenvalue weighted by Crippen LogP contribution is -2.47. The second-order valence-corrected chi connectivity index (χ2v) is 5.43. The Balaban J connectivity index is 0.000000686. The molecule has 1 atom stereocenters. The van der Waals surface area contributed by atoms with Crippen LogP contribution in [-0.2, 0) is 4.74 Å². The maximum atomic E-state index is 6.12. The van der Waals surface area contributed by atoms with Crippen molar-refractivity contribution in [2.24, 2.45) is 5.41 Å². The van der Waals surface area contributed by atoms with Gasteiger partial charge in [-0.15, -0.1) is 0 Å². The van der Waals surface area contributed by atoms with Crippen LogP contribution >= 0.6 is 0 Å². The highest BCUT2D eigenvalue weighted by Gasteiger charge is 2.39. The van der Waals surface area contributed by atoms with Gasteiger partial charge in [0, 0.05) is 24.9 Å². The van der Waals surface area contributed by atoms with Crippen LogP contribution < -0.4 is 0 Å². The van der Waals surface area contributed by atoms with Crippen molar-refractivity contribution in [3.05, 3.63) is 11.8 Å². The number of hydrogen-bond donors (Lipinski definition) is 0. The van der Waals surface area contributed by atoms with Crippen molar-refractivity contribution in [2.75, 3.05) is 13.1 Å². The van der Waals surface area contributed by atoms with E-state index in [9.17, 15) is 0 Å². The first-order valence-corrected chi connectivity index (χ1v) is 7.23. The Morgan fingerprint density at radius 3 is 2.41 bits per heavy atom. The van der Waals surface area contributed by atoms with E-state index in [1.54, 1.807) is 0 Å². The third kappa shape index (κ3) is 3.48. The molecule has 1 saturated heterocycles. The van der Waals surface area contributed by atoms with Gasteiger partial charge in [-0.2, -0.15) is 0 Å². The van der Waals surface area contributed by atoms with E-state index < -0.39 is 0 Å². The molecule has 1 fully saturated rings. The summed E-state index contributed by atoms with van der Waals surface area (Å²) >= 11 is 0. The molecule has 2 heteroatoms. The van der Waals surface area contributed by atoms with E-state index in [2.05, 4.69) is 31.7 Å². The molecule has 100 valence electrons. The maximum absolute atomic E-state index is 6.12. The van der Waals surface area contributed by atoms with Gasteiger partial charge in [-0.1, -0.05) is 34.6 Å². The lowest BCUT2D eigenvalue weighted by Gasteiger charge is -2.43. The summed E-state index contributed by atoms with van der Waals surface area (Å²) < 4.78 is 6.12. The van der Waals surface area contributed by atoms with Crippen molar-refractivity contribution >= 4 is 0 Å². The highest BCUT2D eigenvalue weighted by Crippen LogP contribution is 2.38. The normalized spacial score (nSPS) is 27.8. The van der Waals surface area contributed by atoms with Gasteiger partial charge >= 0.3 is 0 Å². The van der Waals surface area contributed by atoms with E-state index in [-0.39, 0.29) is 5.41 Å². The lowest BCUT2D eigenvalue weighted by atomic mass is 9.84. The molecule has 0 aromatic heterocycles. The number of rotatable bonds is 2. The Kier molecular flexibility index (Phi) is 5.51. The highest BCUT2D eigenvalue weighted by molar-refractivity contribution is 5.03. The second-order valence-electron chi connectivity index (χ2n) is 5.43. The summed E-state index contributed by atoms with van der Waals surface area (Å²) in [6, 6.07) is 0. The zero-order chi connectivity index (χ0) is 12.9. The number of nitrogens with zero attached hydrogens (tertiary/aromatic N) is 1. The van der Waals surface area contributed by atoms with Crippen LogP contribution in [0.5, 0.6) is 0 Å². The van der Waals surface area contributed by atoms with Crippen LogP contribution in [0.4, 0.5) is 0 Å². The molecule has 0 amide bonds. The van der Waals surface area contributed by atoms with Gasteiger partial charge in [-0.25, -0.2) is 0 Å². The second kappa shape index (κ2) is 6.44. The first-order valence-electron chi connectivity index (χ1n) is 7.23. The van der Waals surface area contributed by atoms with Crippen molar-refractivity contribution in [3.63, 3.8) is 0 Å². The van der Waals surface area contributed by atoms with Crippen LogP contribution in [-0.4, -0.2) is 24.2 Å². The Hall–Kier alpha value is -0.500. The zero-order valence-electron chi connectivity index (χ0n) is 12.3. The van der Waals surface area contributed by atoms with Crippen LogP contribution in [0.1, 0.15) is 60.3 Å². The van der Waals surface area contributed by atoms with Crippen molar-refractivity contribution in [1.82, 2.24) is 4.90 Å². The monoisotopic (exact) mass is 239 g/mol. The van der Waals surface area contributed by atoms with Gasteiger partial charge < -0.3 is 4.74 Å². The predicted octanol–water partition coefficient (Wildman–Crippen LogP) is 4.17. The average Bonchev–Trinajstić information content (AvgIpc) is 2.85. The molecule has 2 aliphatic rings. The average molecular weight is 239 g/mol. The third-order valence-electron chi connectivity index (χ3n) is 3.61. The van der Waals surface area contributed by atoms with Gasteiger partial charge in [-0.3, -0.25) is 4.90 Å². The summed E-state index contributed by atoms with van der Waals surface area (Å²) in [7, 11) is 0. The Morgan fingerprint density at radius 1 is 1.29 bits per heavy atom. The Morgan fingerprint density at radius 2 is 1.88 bits per heavy atom. The summed E-state index contributed by atoms with van der Waals surface area (Å²) in [5, 5.41) is 0. The Bertz CT molecular complexity index is 252. The molecule has 2 aliphatic heterocycles. The van der Waals surface area contributed by atoms with E-state index in [4.69, 9.17) is 4.74 Å². The van der Waals surface area contributed by atoms with Crippen molar-refractivity contribution < 1.29 is 4.74 Å². The minimum atomic E-state index is 0.267. The molecule has 0 radical (unpaired) electrons. The Labute approximate surface area is 107 Å². The summed E-state index contributed by atoms with van der Waals surface area (Å²) in [5.74, 6) is 1.19. The van der Waals surface area contributed by atoms with Crippen LogP contribution in [0.15, 0.2) is 11.8 Å². The number of hydrogen-bond acceptors (Lipinski definition) is 2. The van der Waals surface area contributed by atoms with Gasteiger partial charge in [0.2, 0.25) is 0 Å². The topological polar surface area (TPSA) is 12.5 Å². The molecule has 2 nitrogen and oxygen atoms in total. The summed E-state index contributed by atoms with van der Waals surface area (Å²) in [5.41, 5.74) is 0.267. The maximum Gasteiger partial charge on any atom is 0.157 e. The molecule has 0 N–H and O–H groups in total. The first-order chi connectivity index (χ1) is 8.13. The van der Waals surface area contributed by atoms with Crippen molar-refractivity contribution in [3.8, 4) is 0 Å². The first kappa shape index (κ1) is 14.6. The summed E-state index contributed by atoms with van der Waals surface area (Å²) in [4.78, 5) is 2.52. The highest BCUT2D eigenvalue weighted by atomic mass is 16.5. The summed E-state index contributed by atoms with van der Waals surface area (Å²) in [6.45, 7) is 13.2. The fraction of sp³-hybridized carbons (Fsp3) is 0.867. The van der Waals surface area contributed by atoms with E-state index in [1.165, 1.54) is 31.7 Å². The van der Waals surface area contributed by atoms with Crippen LogP contribution in [0.25, 0.3) is 0 Å². The molecular formula is C15H29NO. The van der Waals surface area contributed by atoms with Gasteiger partial charge in [0.15, 0.2) is 6.23 Å². The van der Waals surface area contributed by atoms with Gasteiger partial charge in [0.25, 0.3) is 0 Å². The molecule has 0 aliphatic carbocycles. The van der Waals surface area contributed by atoms with Crippen molar-refractivity contribution in [1.29, 1.82) is 0 Å².